The average molecular weight is 469 g/mol. The molecule has 168 valence electrons. The normalized spacial score (nSPS) is 10.8. The number of nitrogens with zero attached hydrogens (tertiary/aromatic N) is 5. The molecule has 0 aliphatic rings. The molecule has 0 spiro atoms. The van der Waals surface area contributed by atoms with Gasteiger partial charge in [-0.05, 0) is 18.2 Å². The summed E-state index contributed by atoms with van der Waals surface area (Å²) in [6.45, 7) is 0.153. The number of carbonyl (C=O) groups excluding carboxylic acids is 2. The fourth-order valence-electron chi connectivity index (χ4n) is 3.06. The molecule has 0 atom stereocenters. The van der Waals surface area contributed by atoms with E-state index in [-0.39, 0.29) is 54.4 Å². The van der Waals surface area contributed by atoms with E-state index in [1.54, 1.807) is 35.0 Å². The third kappa shape index (κ3) is 5.47. The topological polar surface area (TPSA) is 116 Å². The second-order valence-electron chi connectivity index (χ2n) is 7.03. The van der Waals surface area contributed by atoms with E-state index in [0.717, 1.165) is 0 Å². The lowest BCUT2D eigenvalue weighted by molar-refractivity contribution is -0.121. The third-order valence-corrected chi connectivity index (χ3v) is 4.99. The smallest absolute Gasteiger partial charge is 0.225 e. The van der Waals surface area contributed by atoms with E-state index in [1.807, 2.05) is 0 Å². The van der Waals surface area contributed by atoms with Crippen molar-refractivity contribution in [2.24, 2.45) is 0 Å². The molecule has 33 heavy (non-hydrogen) atoms. The number of hydrogen-bond acceptors (Lipinski definition) is 7. The lowest BCUT2D eigenvalue weighted by atomic mass is 10.2. The van der Waals surface area contributed by atoms with E-state index >= 15 is 0 Å². The van der Waals surface area contributed by atoms with Gasteiger partial charge in [-0.3, -0.25) is 14.3 Å². The Kier molecular flexibility index (Phi) is 6.84. The van der Waals surface area contributed by atoms with Crippen molar-refractivity contribution in [2.45, 2.75) is 19.4 Å². The quantitative estimate of drug-likeness (QED) is 0.372. The molecule has 11 heteroatoms. The van der Waals surface area contributed by atoms with E-state index in [4.69, 9.17) is 16.1 Å². The van der Waals surface area contributed by atoms with Crippen LogP contribution >= 0.6 is 11.6 Å². The minimum absolute atomic E-state index is 0.00152. The first-order valence-electron chi connectivity index (χ1n) is 9.96. The summed E-state index contributed by atoms with van der Waals surface area (Å²) >= 11 is 5.45. The Balaban J connectivity index is 1.60. The minimum Gasteiger partial charge on any atom is -0.364 e. The summed E-state index contributed by atoms with van der Waals surface area (Å²) in [6, 6.07) is 11.3. The van der Waals surface area contributed by atoms with E-state index in [1.165, 1.54) is 24.6 Å². The van der Waals surface area contributed by atoms with Gasteiger partial charge in [-0.15, -0.1) is 11.6 Å². The summed E-state index contributed by atoms with van der Waals surface area (Å²) in [6.07, 6.45) is 2.96. The van der Waals surface area contributed by atoms with Gasteiger partial charge in [0.15, 0.2) is 5.82 Å². The molecular formula is C22H18ClFN6O3. The number of nitrogens with one attached hydrogen (secondary N) is 1. The molecule has 0 aliphatic heterocycles. The Bertz CT molecular complexity index is 1270. The van der Waals surface area contributed by atoms with Gasteiger partial charge in [0.1, 0.15) is 35.1 Å². The predicted molar refractivity (Wildman–Crippen MR) is 118 cm³/mol. The van der Waals surface area contributed by atoms with Crippen LogP contribution in [0.15, 0.2) is 59.4 Å². The summed E-state index contributed by atoms with van der Waals surface area (Å²) in [5.74, 6) is -0.553. The molecule has 1 N–H and O–H groups in total. The van der Waals surface area contributed by atoms with Crippen molar-refractivity contribution in [3.63, 3.8) is 0 Å². The van der Waals surface area contributed by atoms with Crippen molar-refractivity contribution in [1.29, 1.82) is 0 Å². The second kappa shape index (κ2) is 10.1. The van der Waals surface area contributed by atoms with Gasteiger partial charge in [-0.1, -0.05) is 23.4 Å². The highest BCUT2D eigenvalue weighted by atomic mass is 35.5. The van der Waals surface area contributed by atoms with Gasteiger partial charge in [0.2, 0.25) is 5.91 Å². The first-order valence-corrected chi connectivity index (χ1v) is 10.5. The highest BCUT2D eigenvalue weighted by molar-refractivity contribution is 6.27. The SMILES string of the molecule is O=C(CCl)CCC(=O)Nc1ccnc(-c2cc(-c3ccon3)n(Cc3ccccc3F)n2)n1. The van der Waals surface area contributed by atoms with Gasteiger partial charge < -0.3 is 9.84 Å². The van der Waals surface area contributed by atoms with Crippen LogP contribution in [0.2, 0.25) is 0 Å². The highest BCUT2D eigenvalue weighted by Crippen LogP contribution is 2.25. The number of ketones is 1. The maximum atomic E-state index is 14.2. The number of benzene rings is 1. The number of carbonyl (C=O) groups is 2. The number of anilines is 1. The van der Waals surface area contributed by atoms with Crippen LogP contribution in [0.3, 0.4) is 0 Å². The minimum atomic E-state index is -0.369. The Morgan fingerprint density at radius 2 is 1.97 bits per heavy atom. The molecule has 0 saturated heterocycles. The number of amides is 1. The Morgan fingerprint density at radius 1 is 1.12 bits per heavy atom. The molecule has 0 radical (unpaired) electrons. The van der Waals surface area contributed by atoms with Gasteiger partial charge in [0.25, 0.3) is 0 Å². The number of aromatic nitrogens is 5. The van der Waals surface area contributed by atoms with Crippen molar-refractivity contribution in [2.75, 3.05) is 11.2 Å². The average Bonchev–Trinajstić information content (AvgIpc) is 3.49. The molecule has 0 aliphatic carbocycles. The van der Waals surface area contributed by atoms with Crippen LogP contribution in [0.1, 0.15) is 18.4 Å². The molecule has 3 heterocycles. The predicted octanol–water partition coefficient (Wildman–Crippen LogP) is 3.71. The van der Waals surface area contributed by atoms with Crippen molar-refractivity contribution in [3.8, 4) is 22.9 Å². The van der Waals surface area contributed by atoms with E-state index in [0.29, 0.717) is 22.6 Å². The molecule has 1 aromatic carbocycles. The third-order valence-electron chi connectivity index (χ3n) is 4.69. The van der Waals surface area contributed by atoms with E-state index < -0.39 is 0 Å². The van der Waals surface area contributed by atoms with Crippen molar-refractivity contribution >= 4 is 29.1 Å². The maximum Gasteiger partial charge on any atom is 0.225 e. The molecule has 3 aromatic heterocycles. The largest absolute Gasteiger partial charge is 0.364 e. The standard InChI is InChI=1S/C22H18ClFN6O3/c23-12-15(31)5-6-21(32)26-20-7-9-25-22(27-20)18-11-19(17-8-10-33-29-17)30(28-18)13-14-3-1-2-4-16(14)24/h1-4,7-11H,5-6,12-13H2,(H,25,26,27,32). The number of alkyl halides is 1. The Morgan fingerprint density at radius 3 is 2.73 bits per heavy atom. The number of halogens is 2. The van der Waals surface area contributed by atoms with Crippen molar-refractivity contribution < 1.29 is 18.5 Å². The summed E-state index contributed by atoms with van der Waals surface area (Å²) in [4.78, 5) is 32.0. The maximum absolute atomic E-state index is 14.2. The van der Waals surface area contributed by atoms with Gasteiger partial charge >= 0.3 is 0 Å². The van der Waals surface area contributed by atoms with Gasteiger partial charge in [0.05, 0.1) is 18.1 Å². The second-order valence-corrected chi connectivity index (χ2v) is 7.30. The molecule has 0 bridgehead atoms. The zero-order valence-corrected chi connectivity index (χ0v) is 18.0. The lowest BCUT2D eigenvalue weighted by Crippen LogP contribution is -2.15. The summed E-state index contributed by atoms with van der Waals surface area (Å²) in [5, 5.41) is 11.1. The van der Waals surface area contributed by atoms with Crippen LogP contribution in [0, 0.1) is 5.82 Å². The molecule has 0 fully saturated rings. The Labute approximate surface area is 192 Å². The molecule has 1 amide bonds. The summed E-state index contributed by atoms with van der Waals surface area (Å²) in [5.41, 5.74) is 1.95. The molecule has 9 nitrogen and oxygen atoms in total. The van der Waals surface area contributed by atoms with Crippen LogP contribution in [0.5, 0.6) is 0 Å². The molecule has 4 aromatic rings. The van der Waals surface area contributed by atoms with Crippen LogP contribution in [-0.2, 0) is 16.1 Å². The number of rotatable bonds is 9. The first kappa shape index (κ1) is 22.3. The first-order chi connectivity index (χ1) is 16.0. The number of hydrogen-bond donors (Lipinski definition) is 1. The fourth-order valence-corrected chi connectivity index (χ4v) is 3.20. The van der Waals surface area contributed by atoms with Gasteiger partial charge in [-0.25, -0.2) is 14.4 Å². The van der Waals surface area contributed by atoms with Crippen molar-refractivity contribution in [3.05, 3.63) is 66.3 Å². The fraction of sp³-hybridized carbons (Fsp3) is 0.182. The van der Waals surface area contributed by atoms with Gasteiger partial charge in [-0.2, -0.15) is 5.10 Å². The molecule has 4 rings (SSSR count). The van der Waals surface area contributed by atoms with Crippen LogP contribution in [0.4, 0.5) is 10.2 Å². The van der Waals surface area contributed by atoms with E-state index in [9.17, 15) is 14.0 Å². The van der Waals surface area contributed by atoms with Crippen LogP contribution in [-0.4, -0.2) is 42.5 Å². The van der Waals surface area contributed by atoms with Gasteiger partial charge in [0, 0.05) is 30.7 Å². The van der Waals surface area contributed by atoms with Crippen molar-refractivity contribution in [1.82, 2.24) is 24.9 Å². The highest BCUT2D eigenvalue weighted by Gasteiger charge is 2.17. The monoisotopic (exact) mass is 468 g/mol. The van der Waals surface area contributed by atoms with Crippen LogP contribution in [0.25, 0.3) is 22.9 Å². The number of Topliss-reactive ketones (excluding diaryl/α,β-unsaturated/α-hetero) is 1. The zero-order valence-electron chi connectivity index (χ0n) is 17.2. The summed E-state index contributed by atoms with van der Waals surface area (Å²) in [7, 11) is 0. The molecular weight excluding hydrogens is 451 g/mol. The van der Waals surface area contributed by atoms with Crippen LogP contribution < -0.4 is 5.32 Å². The molecule has 0 saturated carbocycles. The summed E-state index contributed by atoms with van der Waals surface area (Å²) < 4.78 is 20.7. The lowest BCUT2D eigenvalue weighted by Gasteiger charge is -2.06. The Hall–Kier alpha value is -3.92. The zero-order chi connectivity index (χ0) is 23.2. The molecule has 0 unspecified atom stereocenters. The van der Waals surface area contributed by atoms with E-state index in [2.05, 4.69) is 25.5 Å².